The molecule has 0 fully saturated rings. The zero-order valence-corrected chi connectivity index (χ0v) is 21.8. The van der Waals surface area contributed by atoms with E-state index in [1.807, 2.05) is 24.3 Å². The summed E-state index contributed by atoms with van der Waals surface area (Å²) in [6.45, 7) is -0.0635. The summed E-state index contributed by atoms with van der Waals surface area (Å²) in [5.74, 6) is 1.38. The zero-order chi connectivity index (χ0) is 27.3. The quantitative estimate of drug-likeness (QED) is 0.238. The summed E-state index contributed by atoms with van der Waals surface area (Å²) < 4.78 is 31.9. The lowest BCUT2D eigenvalue weighted by molar-refractivity contribution is -0.139. The van der Waals surface area contributed by atoms with Crippen molar-refractivity contribution < 1.29 is 38.0 Å². The molecule has 198 valence electrons. The van der Waals surface area contributed by atoms with Crippen LogP contribution in [0.25, 0.3) is 12.2 Å². The van der Waals surface area contributed by atoms with Crippen molar-refractivity contribution in [1.29, 1.82) is 0 Å². The molecule has 3 rings (SSSR count). The lowest BCUT2D eigenvalue weighted by atomic mass is 10.1. The number of methoxy groups -OCH3 is 4. The van der Waals surface area contributed by atoms with Gasteiger partial charge in [0, 0.05) is 23.3 Å². The first-order valence-electron chi connectivity index (χ1n) is 11.7. The van der Waals surface area contributed by atoms with Gasteiger partial charge in [-0.3, -0.25) is 0 Å². The predicted molar refractivity (Wildman–Crippen MR) is 143 cm³/mol. The van der Waals surface area contributed by atoms with Crippen molar-refractivity contribution >= 4 is 24.1 Å². The molecule has 0 N–H and O–H groups in total. The van der Waals surface area contributed by atoms with Gasteiger partial charge in [0.15, 0.2) is 0 Å². The first kappa shape index (κ1) is 27.9. The average molecular weight is 519 g/mol. The molecule has 0 aliphatic heterocycles. The smallest absolute Gasteiger partial charge is 0.331 e. The van der Waals surface area contributed by atoms with Gasteiger partial charge in [-0.15, -0.1) is 0 Å². The summed E-state index contributed by atoms with van der Waals surface area (Å²) in [5.41, 5.74) is 2.87. The second kappa shape index (κ2) is 14.1. The molecular weight excluding hydrogens is 488 g/mol. The highest BCUT2D eigenvalue weighted by molar-refractivity contribution is 5.87. The molecule has 0 aliphatic rings. The van der Waals surface area contributed by atoms with Gasteiger partial charge in [0.05, 0.1) is 28.4 Å². The van der Waals surface area contributed by atoms with E-state index < -0.39 is 11.9 Å². The van der Waals surface area contributed by atoms with E-state index >= 15 is 0 Å². The maximum atomic E-state index is 12.2. The Balaban J connectivity index is 1.59. The predicted octanol–water partition coefficient (Wildman–Crippen LogP) is 5.23. The van der Waals surface area contributed by atoms with Crippen LogP contribution in [-0.4, -0.2) is 40.4 Å². The average Bonchev–Trinajstić information content (AvgIpc) is 2.97. The van der Waals surface area contributed by atoms with Gasteiger partial charge in [-0.1, -0.05) is 24.3 Å². The lowest BCUT2D eigenvalue weighted by Gasteiger charge is -2.15. The van der Waals surface area contributed by atoms with Crippen molar-refractivity contribution in [3.05, 3.63) is 95.1 Å². The summed E-state index contributed by atoms with van der Waals surface area (Å²) in [6.07, 6.45) is 6.00. The van der Waals surface area contributed by atoms with Crippen LogP contribution in [-0.2, 0) is 32.3 Å². The van der Waals surface area contributed by atoms with Crippen LogP contribution < -0.4 is 18.9 Å². The number of ether oxygens (including phenoxy) is 6. The van der Waals surface area contributed by atoms with E-state index in [4.69, 9.17) is 28.4 Å². The minimum absolute atomic E-state index is 0.0318. The first-order chi connectivity index (χ1) is 18.4. The Kier molecular flexibility index (Phi) is 10.4. The fourth-order valence-electron chi connectivity index (χ4n) is 3.40. The molecule has 0 heterocycles. The van der Waals surface area contributed by atoms with E-state index in [0.29, 0.717) is 22.6 Å². The topological polar surface area (TPSA) is 89.5 Å². The van der Waals surface area contributed by atoms with Crippen LogP contribution in [0.4, 0.5) is 0 Å². The van der Waals surface area contributed by atoms with Gasteiger partial charge in [-0.2, -0.15) is 0 Å². The number of rotatable bonds is 12. The van der Waals surface area contributed by atoms with E-state index in [1.165, 1.54) is 26.4 Å². The Hall–Kier alpha value is -4.72. The molecule has 0 saturated carbocycles. The van der Waals surface area contributed by atoms with Gasteiger partial charge in [-0.05, 0) is 59.7 Å². The molecule has 38 heavy (non-hydrogen) atoms. The molecule has 0 atom stereocenters. The van der Waals surface area contributed by atoms with E-state index in [2.05, 4.69) is 0 Å². The highest BCUT2D eigenvalue weighted by atomic mass is 16.5. The van der Waals surface area contributed by atoms with Crippen molar-refractivity contribution in [2.24, 2.45) is 0 Å². The third kappa shape index (κ3) is 8.16. The van der Waals surface area contributed by atoms with Crippen molar-refractivity contribution in [3.8, 4) is 23.0 Å². The molecule has 0 amide bonds. The fourth-order valence-corrected chi connectivity index (χ4v) is 3.40. The van der Waals surface area contributed by atoms with E-state index in [1.54, 1.807) is 62.8 Å². The molecule has 0 saturated heterocycles. The zero-order valence-electron chi connectivity index (χ0n) is 21.8. The Morgan fingerprint density at radius 2 is 0.947 bits per heavy atom. The molecule has 3 aromatic rings. The summed E-state index contributed by atoms with van der Waals surface area (Å²) in [6, 6.07) is 17.9. The van der Waals surface area contributed by atoms with Gasteiger partial charge >= 0.3 is 11.9 Å². The number of hydrogen-bond donors (Lipinski definition) is 0. The Labute approximate surface area is 222 Å². The third-order valence-corrected chi connectivity index (χ3v) is 5.48. The fraction of sp³-hybridized carbons (Fsp3) is 0.200. The minimum atomic E-state index is -0.511. The van der Waals surface area contributed by atoms with Gasteiger partial charge in [-0.25, -0.2) is 9.59 Å². The monoisotopic (exact) mass is 518 g/mol. The van der Waals surface area contributed by atoms with E-state index in [9.17, 15) is 9.59 Å². The summed E-state index contributed by atoms with van der Waals surface area (Å²) in [5, 5.41) is 0. The number of carbonyl (C=O) groups is 2. The largest absolute Gasteiger partial charge is 0.497 e. The highest BCUT2D eigenvalue weighted by Crippen LogP contribution is 2.30. The normalized spacial score (nSPS) is 10.8. The van der Waals surface area contributed by atoms with Gasteiger partial charge < -0.3 is 28.4 Å². The summed E-state index contributed by atoms with van der Waals surface area (Å²) in [7, 11) is 6.19. The maximum Gasteiger partial charge on any atom is 0.331 e. The molecule has 0 aromatic heterocycles. The number of carbonyl (C=O) groups excluding carboxylic acids is 2. The number of esters is 2. The molecule has 0 bridgehead atoms. The SMILES string of the molecule is COc1ccc(/C=C/C(=O)OCc2cc(OC)c(COC(=O)/C=C/c3ccc(OC)cc3)cc2OC)cc1. The Morgan fingerprint density at radius 1 is 0.579 bits per heavy atom. The van der Waals surface area contributed by atoms with Crippen molar-refractivity contribution in [2.75, 3.05) is 28.4 Å². The van der Waals surface area contributed by atoms with Crippen LogP contribution in [0.2, 0.25) is 0 Å². The number of benzene rings is 3. The van der Waals surface area contributed by atoms with Crippen LogP contribution in [0, 0.1) is 0 Å². The van der Waals surface area contributed by atoms with Gasteiger partial charge in [0.1, 0.15) is 36.2 Å². The summed E-state index contributed by atoms with van der Waals surface area (Å²) in [4.78, 5) is 24.5. The molecule has 0 unspecified atom stereocenters. The second-order valence-corrected chi connectivity index (χ2v) is 7.90. The minimum Gasteiger partial charge on any atom is -0.497 e. The van der Waals surface area contributed by atoms with Crippen molar-refractivity contribution in [2.45, 2.75) is 13.2 Å². The van der Waals surface area contributed by atoms with Crippen LogP contribution in [0.15, 0.2) is 72.8 Å². The molecule has 3 aromatic carbocycles. The van der Waals surface area contributed by atoms with Gasteiger partial charge in [0.2, 0.25) is 0 Å². The lowest BCUT2D eigenvalue weighted by Crippen LogP contribution is -2.06. The maximum absolute atomic E-state index is 12.2. The van der Waals surface area contributed by atoms with Crippen molar-refractivity contribution in [3.63, 3.8) is 0 Å². The molecule has 8 nitrogen and oxygen atoms in total. The standard InChI is InChI=1S/C30H30O8/c1-33-25-11-5-21(6-12-25)9-15-29(31)37-19-23-17-28(36-4)24(18-27(23)35-3)20-38-30(32)16-10-22-7-13-26(34-2)14-8-22/h5-18H,19-20H2,1-4H3/b15-9+,16-10+. The first-order valence-corrected chi connectivity index (χ1v) is 11.7. The van der Waals surface area contributed by atoms with Crippen LogP contribution in [0.1, 0.15) is 22.3 Å². The Bertz CT molecular complexity index is 1170. The van der Waals surface area contributed by atoms with Crippen LogP contribution >= 0.6 is 0 Å². The second-order valence-electron chi connectivity index (χ2n) is 7.90. The van der Waals surface area contributed by atoms with Crippen molar-refractivity contribution in [1.82, 2.24) is 0 Å². The van der Waals surface area contributed by atoms with Gasteiger partial charge in [0.25, 0.3) is 0 Å². The molecule has 0 radical (unpaired) electrons. The summed E-state index contributed by atoms with van der Waals surface area (Å²) >= 11 is 0. The Morgan fingerprint density at radius 3 is 1.26 bits per heavy atom. The van der Waals surface area contributed by atoms with E-state index in [-0.39, 0.29) is 13.2 Å². The van der Waals surface area contributed by atoms with Crippen LogP contribution in [0.3, 0.4) is 0 Å². The highest BCUT2D eigenvalue weighted by Gasteiger charge is 2.14. The third-order valence-electron chi connectivity index (χ3n) is 5.48. The number of hydrogen-bond acceptors (Lipinski definition) is 8. The van der Waals surface area contributed by atoms with Crippen LogP contribution in [0.5, 0.6) is 23.0 Å². The molecular formula is C30H30O8. The molecule has 0 spiro atoms. The molecule has 8 heteroatoms. The van der Waals surface area contributed by atoms with E-state index in [0.717, 1.165) is 22.6 Å². The molecule has 0 aliphatic carbocycles.